The number of thiazole rings is 1. The third-order valence-corrected chi connectivity index (χ3v) is 6.29. The van der Waals surface area contributed by atoms with Crippen molar-refractivity contribution in [1.29, 1.82) is 0 Å². The van der Waals surface area contributed by atoms with Crippen molar-refractivity contribution in [3.63, 3.8) is 0 Å². The van der Waals surface area contributed by atoms with E-state index in [0.717, 1.165) is 28.7 Å². The Morgan fingerprint density at radius 1 is 1.13 bits per heavy atom. The number of halogens is 1. The summed E-state index contributed by atoms with van der Waals surface area (Å²) in [6.07, 6.45) is 2.67. The van der Waals surface area contributed by atoms with Crippen LogP contribution < -0.4 is 0 Å². The summed E-state index contributed by atoms with van der Waals surface area (Å²) in [5.74, 6) is -0.422. The van der Waals surface area contributed by atoms with Crippen LogP contribution in [0.5, 0.6) is 0 Å². The number of Topliss-reactive ketones (excluding diaryl/α,β-unsaturated/α-hetero) is 1. The molecule has 6 nitrogen and oxygen atoms in total. The van der Waals surface area contributed by atoms with E-state index in [4.69, 9.17) is 4.42 Å². The van der Waals surface area contributed by atoms with Gasteiger partial charge >= 0.3 is 0 Å². The Morgan fingerprint density at radius 2 is 1.93 bits per heavy atom. The van der Waals surface area contributed by atoms with Crippen LogP contribution in [0.1, 0.15) is 40.8 Å². The zero-order valence-corrected chi connectivity index (χ0v) is 16.6. The van der Waals surface area contributed by atoms with E-state index in [2.05, 4.69) is 15.2 Å². The lowest BCUT2D eigenvalue weighted by Gasteiger charge is -2.02. The second kappa shape index (κ2) is 7.53. The minimum Gasteiger partial charge on any atom is -0.418 e. The SMILES string of the molecule is O=C(c1nnc(C[C@H]2CCCC2=O)o1)c1nc2ccc(-c3ccc(F)cc3)cc2s1. The van der Waals surface area contributed by atoms with Crippen LogP contribution in [-0.4, -0.2) is 26.7 Å². The van der Waals surface area contributed by atoms with Gasteiger partial charge in [-0.1, -0.05) is 18.2 Å². The Labute approximate surface area is 174 Å². The molecule has 0 unspecified atom stereocenters. The first-order chi connectivity index (χ1) is 14.6. The number of aromatic nitrogens is 3. The van der Waals surface area contributed by atoms with Gasteiger partial charge in [0.2, 0.25) is 5.89 Å². The van der Waals surface area contributed by atoms with E-state index < -0.39 is 5.78 Å². The highest BCUT2D eigenvalue weighted by molar-refractivity contribution is 7.20. The van der Waals surface area contributed by atoms with Crippen molar-refractivity contribution in [3.05, 3.63) is 65.1 Å². The Hall–Kier alpha value is -3.26. The van der Waals surface area contributed by atoms with Crippen LogP contribution in [0.3, 0.4) is 0 Å². The fraction of sp³-hybridized carbons (Fsp3) is 0.227. The van der Waals surface area contributed by atoms with Crippen molar-refractivity contribution in [3.8, 4) is 11.1 Å². The van der Waals surface area contributed by atoms with Gasteiger partial charge < -0.3 is 4.42 Å². The quantitative estimate of drug-likeness (QED) is 0.437. The molecule has 2 aromatic heterocycles. The molecule has 0 saturated heterocycles. The molecule has 0 aliphatic heterocycles. The number of hydrogen-bond donors (Lipinski definition) is 0. The summed E-state index contributed by atoms with van der Waals surface area (Å²) in [7, 11) is 0. The highest BCUT2D eigenvalue weighted by atomic mass is 32.1. The second-order valence-electron chi connectivity index (χ2n) is 7.30. The Morgan fingerprint density at radius 3 is 2.70 bits per heavy atom. The summed E-state index contributed by atoms with van der Waals surface area (Å²) in [6.45, 7) is 0. The van der Waals surface area contributed by atoms with Crippen molar-refractivity contribution in [1.82, 2.24) is 15.2 Å². The summed E-state index contributed by atoms with van der Waals surface area (Å²) in [4.78, 5) is 29.0. The summed E-state index contributed by atoms with van der Waals surface area (Å²) in [6, 6.07) is 11.9. The molecule has 1 aliphatic rings. The number of rotatable bonds is 5. The number of carbonyl (C=O) groups is 2. The number of carbonyl (C=O) groups excluding carboxylic acids is 2. The molecule has 0 spiro atoms. The van der Waals surface area contributed by atoms with E-state index in [1.54, 1.807) is 12.1 Å². The minimum atomic E-state index is -0.434. The molecule has 30 heavy (non-hydrogen) atoms. The molecular formula is C22H16FN3O3S. The van der Waals surface area contributed by atoms with Gasteiger partial charge in [0.1, 0.15) is 11.6 Å². The van der Waals surface area contributed by atoms with Crippen LogP contribution in [0.4, 0.5) is 4.39 Å². The molecule has 4 aromatic rings. The van der Waals surface area contributed by atoms with E-state index in [-0.39, 0.29) is 28.4 Å². The van der Waals surface area contributed by atoms with E-state index in [0.29, 0.717) is 24.2 Å². The summed E-state index contributed by atoms with van der Waals surface area (Å²) in [5.41, 5.74) is 2.47. The Bertz CT molecular complexity index is 1260. The van der Waals surface area contributed by atoms with Gasteiger partial charge in [-0.2, -0.15) is 0 Å². The average molecular weight is 421 g/mol. The number of nitrogens with zero attached hydrogens (tertiary/aromatic N) is 3. The molecule has 0 radical (unpaired) electrons. The monoisotopic (exact) mass is 421 g/mol. The highest BCUT2D eigenvalue weighted by Gasteiger charge is 2.28. The summed E-state index contributed by atoms with van der Waals surface area (Å²) in [5, 5.41) is 8.05. The largest absolute Gasteiger partial charge is 0.418 e. The minimum absolute atomic E-state index is 0.0965. The smallest absolute Gasteiger partial charge is 0.291 e. The Kier molecular flexibility index (Phi) is 4.71. The maximum absolute atomic E-state index is 13.2. The zero-order valence-electron chi connectivity index (χ0n) is 15.8. The van der Waals surface area contributed by atoms with Crippen LogP contribution in [0, 0.1) is 11.7 Å². The maximum atomic E-state index is 13.2. The molecule has 5 rings (SSSR count). The van der Waals surface area contributed by atoms with Gasteiger partial charge in [-0.25, -0.2) is 9.37 Å². The predicted molar refractivity (Wildman–Crippen MR) is 109 cm³/mol. The molecule has 150 valence electrons. The first-order valence-electron chi connectivity index (χ1n) is 9.63. The van der Waals surface area contributed by atoms with E-state index in [9.17, 15) is 14.0 Å². The van der Waals surface area contributed by atoms with Crippen LogP contribution in [0.25, 0.3) is 21.3 Å². The molecule has 1 atom stereocenters. The maximum Gasteiger partial charge on any atom is 0.291 e. The van der Waals surface area contributed by atoms with E-state index in [1.165, 1.54) is 23.5 Å². The fourth-order valence-corrected chi connectivity index (χ4v) is 4.61. The third kappa shape index (κ3) is 3.54. The molecule has 0 amide bonds. The standard InChI is InChI=1S/C22H16FN3O3S/c23-15-7-4-12(5-8-15)13-6-9-16-18(10-13)30-22(24-16)20(28)21-26-25-19(29-21)11-14-2-1-3-17(14)27/h4-10,14H,1-3,11H2/t14-/m1/s1. The molecule has 1 saturated carbocycles. The number of ketones is 2. The van der Waals surface area contributed by atoms with Crippen LogP contribution in [0.15, 0.2) is 46.9 Å². The molecule has 0 bridgehead atoms. The lowest BCUT2D eigenvalue weighted by Crippen LogP contribution is -2.09. The van der Waals surface area contributed by atoms with Gasteiger partial charge in [-0.15, -0.1) is 21.5 Å². The lowest BCUT2D eigenvalue weighted by molar-refractivity contribution is -0.120. The lowest BCUT2D eigenvalue weighted by atomic mass is 10.0. The van der Waals surface area contributed by atoms with E-state index >= 15 is 0 Å². The van der Waals surface area contributed by atoms with Crippen molar-refractivity contribution < 1.29 is 18.4 Å². The highest BCUT2D eigenvalue weighted by Crippen LogP contribution is 2.30. The molecule has 0 N–H and O–H groups in total. The number of benzene rings is 2. The zero-order chi connectivity index (χ0) is 20.7. The average Bonchev–Trinajstić information content (AvgIpc) is 3.48. The first-order valence-corrected chi connectivity index (χ1v) is 10.4. The van der Waals surface area contributed by atoms with Gasteiger partial charge in [-0.05, 0) is 48.2 Å². The van der Waals surface area contributed by atoms with Crippen LogP contribution >= 0.6 is 11.3 Å². The van der Waals surface area contributed by atoms with E-state index in [1.807, 2.05) is 18.2 Å². The predicted octanol–water partition coefficient (Wildman–Crippen LogP) is 4.63. The molecular weight excluding hydrogens is 405 g/mol. The van der Waals surface area contributed by atoms with Gasteiger partial charge in [0, 0.05) is 18.8 Å². The van der Waals surface area contributed by atoms with Crippen molar-refractivity contribution in [2.75, 3.05) is 0 Å². The molecule has 2 heterocycles. The van der Waals surface area contributed by atoms with Crippen molar-refractivity contribution in [2.45, 2.75) is 25.7 Å². The van der Waals surface area contributed by atoms with Crippen LogP contribution in [0.2, 0.25) is 0 Å². The fourth-order valence-electron chi connectivity index (χ4n) is 3.68. The normalized spacial score (nSPS) is 16.4. The van der Waals surface area contributed by atoms with Gasteiger partial charge in [0.25, 0.3) is 11.7 Å². The van der Waals surface area contributed by atoms with Crippen LogP contribution in [-0.2, 0) is 11.2 Å². The van der Waals surface area contributed by atoms with Gasteiger partial charge in [-0.3, -0.25) is 9.59 Å². The van der Waals surface area contributed by atoms with Gasteiger partial charge in [0.15, 0.2) is 5.01 Å². The topological polar surface area (TPSA) is 86.0 Å². The number of fused-ring (bicyclic) bond motifs is 1. The molecule has 8 heteroatoms. The second-order valence-corrected chi connectivity index (χ2v) is 8.33. The third-order valence-electron chi connectivity index (χ3n) is 5.27. The summed E-state index contributed by atoms with van der Waals surface area (Å²) < 4.78 is 19.5. The molecule has 1 fully saturated rings. The summed E-state index contributed by atoms with van der Waals surface area (Å²) >= 11 is 1.24. The first kappa shape index (κ1) is 18.7. The molecule has 2 aromatic carbocycles. The Balaban J connectivity index is 1.38. The number of hydrogen-bond acceptors (Lipinski definition) is 7. The van der Waals surface area contributed by atoms with Gasteiger partial charge in [0.05, 0.1) is 10.2 Å². The molecule has 1 aliphatic carbocycles. The van der Waals surface area contributed by atoms with Crippen molar-refractivity contribution >= 4 is 33.1 Å². The van der Waals surface area contributed by atoms with Crippen molar-refractivity contribution in [2.24, 2.45) is 5.92 Å².